The fourth-order valence-electron chi connectivity index (χ4n) is 9.37. The van der Waals surface area contributed by atoms with Crippen LogP contribution in [0.25, 0.3) is 98.4 Å². The third-order valence-corrected chi connectivity index (χ3v) is 12.4. The van der Waals surface area contributed by atoms with E-state index in [0.29, 0.717) is 0 Å². The summed E-state index contributed by atoms with van der Waals surface area (Å²) in [5.41, 5.74) is 17.5. The predicted molar refractivity (Wildman–Crippen MR) is 249 cm³/mol. The first-order chi connectivity index (χ1) is 25.8. The molecule has 0 saturated heterocycles. The van der Waals surface area contributed by atoms with Crippen molar-refractivity contribution in [2.24, 2.45) is 0 Å². The van der Waals surface area contributed by atoms with Crippen LogP contribution in [0.1, 0.15) is 0 Å². The fourth-order valence-corrected chi connectivity index (χ4v) is 9.37. The van der Waals surface area contributed by atoms with Crippen LogP contribution >= 0.6 is 0 Å². The molecule has 0 bridgehead atoms. The first kappa shape index (κ1) is 31.9. The molecule has 242 valence electrons. The first-order valence-corrected chi connectivity index (χ1v) is 18.7. The molecule has 0 amide bonds. The van der Waals surface area contributed by atoms with Crippen LogP contribution in [0.3, 0.4) is 0 Å². The molecule has 0 aliphatic rings. The van der Waals surface area contributed by atoms with Crippen LogP contribution in [-0.2, 0) is 0 Å². The van der Waals surface area contributed by atoms with Crippen LogP contribution in [-0.4, -0.2) is 47.1 Å². The van der Waals surface area contributed by atoms with Gasteiger partial charge in [0.25, 0.3) is 0 Å². The minimum Gasteiger partial charge on any atom is -0.455 e. The Morgan fingerprint density at radius 2 is 0.736 bits per heavy atom. The topological polar surface area (TPSA) is 13.1 Å². The maximum absolute atomic E-state index is 6.87. The van der Waals surface area contributed by atoms with Crippen LogP contribution in [0.4, 0.5) is 0 Å². The molecular formula is C46H34B6O. The van der Waals surface area contributed by atoms with Gasteiger partial charge in [0.05, 0.1) is 0 Å². The Balaban J connectivity index is 1.26. The molecular weight excluding hydrogens is 633 g/mol. The summed E-state index contributed by atoms with van der Waals surface area (Å²) in [5.74, 6) is 0. The lowest BCUT2D eigenvalue weighted by molar-refractivity contribution is 0.670. The highest BCUT2D eigenvalue weighted by Gasteiger charge is 2.22. The summed E-state index contributed by atoms with van der Waals surface area (Å²) in [7, 11) is 13.7. The molecule has 0 aliphatic heterocycles. The van der Waals surface area contributed by atoms with Crippen molar-refractivity contribution in [3.05, 3.63) is 133 Å². The molecule has 9 aromatic carbocycles. The molecule has 1 nitrogen and oxygen atoms in total. The van der Waals surface area contributed by atoms with Gasteiger partial charge < -0.3 is 4.42 Å². The van der Waals surface area contributed by atoms with Gasteiger partial charge in [-0.25, -0.2) is 0 Å². The quantitative estimate of drug-likeness (QED) is 0.209. The predicted octanol–water partition coefficient (Wildman–Crippen LogP) is 2.75. The summed E-state index contributed by atoms with van der Waals surface area (Å²) in [4.78, 5) is 0. The van der Waals surface area contributed by atoms with E-state index in [2.05, 4.69) is 181 Å². The number of hydrogen-bond acceptors (Lipinski definition) is 1. The molecule has 0 atom stereocenters. The minimum atomic E-state index is 0.902. The maximum Gasteiger partial charge on any atom is 0.143 e. The lowest BCUT2D eigenvalue weighted by atomic mass is 9.59. The summed E-state index contributed by atoms with van der Waals surface area (Å²) < 4.78 is 6.87. The average molecular weight is 668 g/mol. The van der Waals surface area contributed by atoms with E-state index >= 15 is 0 Å². The van der Waals surface area contributed by atoms with Gasteiger partial charge in [0.1, 0.15) is 58.2 Å². The molecule has 0 aliphatic carbocycles. The summed E-state index contributed by atoms with van der Waals surface area (Å²) in [6.45, 7) is 0. The summed E-state index contributed by atoms with van der Waals surface area (Å²) >= 11 is 0. The second kappa shape index (κ2) is 11.9. The van der Waals surface area contributed by atoms with Crippen molar-refractivity contribution in [1.82, 2.24) is 0 Å². The molecule has 0 saturated carbocycles. The summed E-state index contributed by atoms with van der Waals surface area (Å²) in [5, 5.41) is 12.4. The number of rotatable bonds is 3. The van der Waals surface area contributed by atoms with Gasteiger partial charge in [0.15, 0.2) is 0 Å². The van der Waals surface area contributed by atoms with Crippen molar-refractivity contribution in [1.29, 1.82) is 0 Å². The monoisotopic (exact) mass is 668 g/mol. The van der Waals surface area contributed by atoms with E-state index in [1.54, 1.807) is 0 Å². The van der Waals surface area contributed by atoms with E-state index in [9.17, 15) is 0 Å². The molecule has 0 unspecified atom stereocenters. The van der Waals surface area contributed by atoms with Crippen molar-refractivity contribution in [2.45, 2.75) is 0 Å². The molecule has 53 heavy (non-hydrogen) atoms. The Hall–Kier alpha value is -5.79. The number of furan rings is 1. The molecule has 0 N–H and O–H groups in total. The Bertz CT molecular complexity index is 3050. The first-order valence-electron chi connectivity index (χ1n) is 18.7. The van der Waals surface area contributed by atoms with Gasteiger partial charge in [-0.2, -0.15) is 0 Å². The normalized spacial score (nSPS) is 11.8. The Morgan fingerprint density at radius 1 is 0.302 bits per heavy atom. The van der Waals surface area contributed by atoms with Crippen molar-refractivity contribution in [3.63, 3.8) is 0 Å². The zero-order chi connectivity index (χ0) is 36.1. The Kier molecular flexibility index (Phi) is 7.14. The summed E-state index contributed by atoms with van der Waals surface area (Å²) in [6, 6.07) is 49.0. The van der Waals surface area contributed by atoms with Gasteiger partial charge >= 0.3 is 0 Å². The zero-order valence-corrected chi connectivity index (χ0v) is 31.1. The largest absolute Gasteiger partial charge is 0.455 e. The molecule has 1 aromatic heterocycles. The van der Waals surface area contributed by atoms with E-state index in [4.69, 9.17) is 4.42 Å². The van der Waals surface area contributed by atoms with Crippen molar-refractivity contribution in [2.75, 3.05) is 0 Å². The van der Waals surface area contributed by atoms with Gasteiger partial charge in [0.2, 0.25) is 0 Å². The highest BCUT2D eigenvalue weighted by molar-refractivity contribution is 6.69. The third kappa shape index (κ3) is 4.53. The Morgan fingerprint density at radius 3 is 1.26 bits per heavy atom. The molecule has 10 aromatic rings. The van der Waals surface area contributed by atoms with Crippen molar-refractivity contribution >= 4 is 145 Å². The van der Waals surface area contributed by atoms with Gasteiger partial charge in [-0.15, -0.1) is 16.4 Å². The van der Waals surface area contributed by atoms with Gasteiger partial charge in [-0.1, -0.05) is 138 Å². The molecule has 1 heterocycles. The maximum atomic E-state index is 6.87. The number of benzene rings is 9. The van der Waals surface area contributed by atoms with E-state index in [1.807, 2.05) is 0 Å². The van der Waals surface area contributed by atoms with E-state index in [-0.39, 0.29) is 0 Å². The van der Waals surface area contributed by atoms with Crippen molar-refractivity contribution < 1.29 is 4.42 Å². The second-order valence-electron chi connectivity index (χ2n) is 14.9. The van der Waals surface area contributed by atoms with Crippen LogP contribution in [0.2, 0.25) is 0 Å². The highest BCUT2D eigenvalue weighted by atomic mass is 16.3. The lowest BCUT2D eigenvalue weighted by Crippen LogP contribution is -2.55. The molecule has 0 spiro atoms. The van der Waals surface area contributed by atoms with E-state index in [1.165, 1.54) is 104 Å². The smallest absolute Gasteiger partial charge is 0.143 e. The van der Waals surface area contributed by atoms with E-state index in [0.717, 1.165) is 27.5 Å². The standard InChI is InChI=1S/C46H34B6O/c47-40-30-16-7-5-14-28(30)37(29-15-6-8-17-31(29)40)33-19-9-18-32-34-22-23(20-21-35(34)53-46(32)33)36-24-10-1-3-12-26(24)38(27-13-4-2-11-25(27)36)39-41(48)43(50)45(52)44(51)42(39)49/h1-22H,47-52H2. The number of fused-ring (bicyclic) bond motifs is 7. The second-order valence-corrected chi connectivity index (χ2v) is 14.9. The van der Waals surface area contributed by atoms with Crippen LogP contribution in [0.5, 0.6) is 0 Å². The number of para-hydroxylation sites is 1. The number of hydrogen-bond donors (Lipinski definition) is 0. The fraction of sp³-hybridized carbons (Fsp3) is 0. The van der Waals surface area contributed by atoms with Crippen LogP contribution in [0, 0.1) is 0 Å². The molecule has 7 heteroatoms. The molecule has 0 fully saturated rings. The van der Waals surface area contributed by atoms with Crippen molar-refractivity contribution in [3.8, 4) is 33.4 Å². The third-order valence-electron chi connectivity index (χ3n) is 12.4. The van der Waals surface area contributed by atoms with Gasteiger partial charge in [-0.3, -0.25) is 0 Å². The SMILES string of the molecule is Bc1c(B)c(B)c(-c2c3ccccc3c(-c3ccc4oc5c(-c6c7ccccc7c(B)c7ccccc67)cccc5c4c3)c3ccccc23)c(B)c1B. The average Bonchev–Trinajstić information content (AvgIpc) is 3.58. The highest BCUT2D eigenvalue weighted by Crippen LogP contribution is 2.46. The summed E-state index contributed by atoms with van der Waals surface area (Å²) in [6.07, 6.45) is 0. The van der Waals surface area contributed by atoms with Crippen LogP contribution in [0.15, 0.2) is 138 Å². The van der Waals surface area contributed by atoms with Gasteiger partial charge in [0, 0.05) is 21.9 Å². The van der Waals surface area contributed by atoms with E-state index < -0.39 is 0 Å². The van der Waals surface area contributed by atoms with Crippen LogP contribution < -0.4 is 32.8 Å². The Labute approximate surface area is 314 Å². The minimum absolute atomic E-state index is 0.902. The molecule has 0 radical (unpaired) electrons. The zero-order valence-electron chi connectivity index (χ0n) is 31.1. The molecule has 10 rings (SSSR count). The lowest BCUT2D eigenvalue weighted by Gasteiger charge is -2.24. The van der Waals surface area contributed by atoms with Gasteiger partial charge in [-0.05, 0) is 77.5 Å².